The van der Waals surface area contributed by atoms with Crippen LogP contribution < -0.4 is 5.73 Å². The predicted octanol–water partition coefficient (Wildman–Crippen LogP) is 0.597. The van der Waals surface area contributed by atoms with E-state index in [1.54, 1.807) is 12.1 Å². The minimum atomic E-state index is -3.19. The SMILES string of the molecule is CS(=O)(=O)c1ccc(CCCO)c(N)c1. The standard InChI is InChI=1S/C10H15NO3S/c1-15(13,14)9-5-4-8(3-2-6-12)10(11)7-9/h4-5,7,12H,2-3,6,11H2,1H3. The second kappa shape index (κ2) is 4.63. The lowest BCUT2D eigenvalue weighted by atomic mass is 10.1. The highest BCUT2D eigenvalue weighted by atomic mass is 32.2. The molecule has 0 unspecified atom stereocenters. The van der Waals surface area contributed by atoms with Gasteiger partial charge in [0.15, 0.2) is 9.84 Å². The second-order valence-electron chi connectivity index (χ2n) is 3.46. The van der Waals surface area contributed by atoms with Crippen molar-refractivity contribution in [2.75, 3.05) is 18.6 Å². The molecule has 0 saturated carbocycles. The molecule has 0 bridgehead atoms. The lowest BCUT2D eigenvalue weighted by Crippen LogP contribution is -2.01. The summed E-state index contributed by atoms with van der Waals surface area (Å²) in [7, 11) is -3.19. The van der Waals surface area contributed by atoms with E-state index in [0.29, 0.717) is 18.5 Å². The summed E-state index contributed by atoms with van der Waals surface area (Å²) in [5, 5.41) is 8.67. The number of anilines is 1. The first-order valence-electron chi connectivity index (χ1n) is 4.64. The van der Waals surface area contributed by atoms with Crippen molar-refractivity contribution in [2.24, 2.45) is 0 Å². The van der Waals surface area contributed by atoms with Crippen molar-refractivity contribution in [1.29, 1.82) is 0 Å². The van der Waals surface area contributed by atoms with Gasteiger partial charge in [0.25, 0.3) is 0 Å². The molecule has 5 heteroatoms. The number of hydrogen-bond acceptors (Lipinski definition) is 4. The first kappa shape index (κ1) is 12.0. The maximum absolute atomic E-state index is 11.2. The van der Waals surface area contributed by atoms with Crippen molar-refractivity contribution in [2.45, 2.75) is 17.7 Å². The zero-order chi connectivity index (χ0) is 11.5. The molecule has 1 aromatic carbocycles. The van der Waals surface area contributed by atoms with Gasteiger partial charge < -0.3 is 10.8 Å². The molecule has 1 rings (SSSR count). The molecular weight excluding hydrogens is 214 g/mol. The van der Waals surface area contributed by atoms with Gasteiger partial charge in [-0.05, 0) is 30.5 Å². The lowest BCUT2D eigenvalue weighted by Gasteiger charge is -2.06. The molecule has 84 valence electrons. The topological polar surface area (TPSA) is 80.4 Å². The van der Waals surface area contributed by atoms with Crippen LogP contribution in [0.2, 0.25) is 0 Å². The Hall–Kier alpha value is -1.07. The summed E-state index contributed by atoms with van der Waals surface area (Å²) in [4.78, 5) is 0.229. The van der Waals surface area contributed by atoms with Crippen molar-refractivity contribution in [3.8, 4) is 0 Å². The number of sulfone groups is 1. The summed E-state index contributed by atoms with van der Waals surface area (Å²) in [6.45, 7) is 0.104. The van der Waals surface area contributed by atoms with E-state index in [2.05, 4.69) is 0 Å². The summed E-state index contributed by atoms with van der Waals surface area (Å²) in [6, 6.07) is 4.70. The third-order valence-electron chi connectivity index (χ3n) is 2.15. The van der Waals surface area contributed by atoms with Crippen LogP contribution in [0.4, 0.5) is 5.69 Å². The molecule has 4 nitrogen and oxygen atoms in total. The maximum Gasteiger partial charge on any atom is 0.175 e. The molecule has 0 aliphatic heterocycles. The Morgan fingerprint density at radius 1 is 1.40 bits per heavy atom. The summed E-state index contributed by atoms with van der Waals surface area (Å²) >= 11 is 0. The van der Waals surface area contributed by atoms with Crippen molar-refractivity contribution in [3.05, 3.63) is 23.8 Å². The van der Waals surface area contributed by atoms with Crippen LogP contribution in [0.15, 0.2) is 23.1 Å². The molecule has 0 spiro atoms. The number of nitrogens with two attached hydrogens (primary N) is 1. The van der Waals surface area contributed by atoms with Gasteiger partial charge in [-0.2, -0.15) is 0 Å². The number of aliphatic hydroxyl groups is 1. The third kappa shape index (κ3) is 3.21. The van der Waals surface area contributed by atoms with E-state index in [9.17, 15) is 8.42 Å². The molecule has 0 heterocycles. The molecule has 3 N–H and O–H groups in total. The van der Waals surface area contributed by atoms with Gasteiger partial charge in [0.1, 0.15) is 0 Å². The molecule has 15 heavy (non-hydrogen) atoms. The fourth-order valence-corrected chi connectivity index (χ4v) is 1.96. The zero-order valence-electron chi connectivity index (χ0n) is 8.60. The molecule has 0 atom stereocenters. The number of hydrogen-bond donors (Lipinski definition) is 2. The van der Waals surface area contributed by atoms with Crippen LogP contribution in [-0.4, -0.2) is 26.4 Å². The Morgan fingerprint density at radius 2 is 2.07 bits per heavy atom. The molecule has 0 amide bonds. The summed E-state index contributed by atoms with van der Waals surface area (Å²) in [5.74, 6) is 0. The Labute approximate surface area is 89.7 Å². The molecule has 0 aliphatic carbocycles. The average Bonchev–Trinajstić information content (AvgIpc) is 2.14. The molecule has 1 aromatic rings. The number of aliphatic hydroxyl groups excluding tert-OH is 1. The number of nitrogen functional groups attached to an aromatic ring is 1. The summed E-state index contributed by atoms with van der Waals surface area (Å²) in [6.07, 6.45) is 2.43. The van der Waals surface area contributed by atoms with Gasteiger partial charge in [-0.3, -0.25) is 0 Å². The monoisotopic (exact) mass is 229 g/mol. The van der Waals surface area contributed by atoms with Crippen LogP contribution in [0, 0.1) is 0 Å². The van der Waals surface area contributed by atoms with E-state index in [0.717, 1.165) is 11.8 Å². The van der Waals surface area contributed by atoms with Gasteiger partial charge in [0.05, 0.1) is 4.90 Å². The minimum Gasteiger partial charge on any atom is -0.398 e. The fraction of sp³-hybridized carbons (Fsp3) is 0.400. The average molecular weight is 229 g/mol. The van der Waals surface area contributed by atoms with E-state index >= 15 is 0 Å². The minimum absolute atomic E-state index is 0.104. The first-order chi connectivity index (χ1) is 6.95. The molecule has 0 saturated heterocycles. The fourth-order valence-electron chi connectivity index (χ4n) is 1.30. The highest BCUT2D eigenvalue weighted by Crippen LogP contribution is 2.19. The van der Waals surface area contributed by atoms with E-state index in [1.165, 1.54) is 6.07 Å². The number of benzene rings is 1. The Morgan fingerprint density at radius 3 is 2.53 bits per heavy atom. The van der Waals surface area contributed by atoms with E-state index in [4.69, 9.17) is 10.8 Å². The van der Waals surface area contributed by atoms with Crippen molar-refractivity contribution in [3.63, 3.8) is 0 Å². The lowest BCUT2D eigenvalue weighted by molar-refractivity contribution is 0.288. The van der Waals surface area contributed by atoms with Gasteiger partial charge in [-0.25, -0.2) is 8.42 Å². The molecule has 0 radical (unpaired) electrons. The quantitative estimate of drug-likeness (QED) is 0.741. The van der Waals surface area contributed by atoms with Gasteiger partial charge in [0.2, 0.25) is 0 Å². The van der Waals surface area contributed by atoms with Gasteiger partial charge in [0, 0.05) is 18.6 Å². The molecule has 0 aromatic heterocycles. The first-order valence-corrected chi connectivity index (χ1v) is 6.53. The van der Waals surface area contributed by atoms with E-state index < -0.39 is 9.84 Å². The summed E-state index contributed by atoms with van der Waals surface area (Å²) in [5.41, 5.74) is 7.05. The summed E-state index contributed by atoms with van der Waals surface area (Å²) < 4.78 is 22.4. The molecule has 0 fully saturated rings. The third-order valence-corrected chi connectivity index (χ3v) is 3.26. The van der Waals surface area contributed by atoms with Crippen molar-refractivity contribution in [1.82, 2.24) is 0 Å². The van der Waals surface area contributed by atoms with Gasteiger partial charge in [-0.1, -0.05) is 6.07 Å². The highest BCUT2D eigenvalue weighted by molar-refractivity contribution is 7.90. The number of rotatable bonds is 4. The van der Waals surface area contributed by atoms with Crippen molar-refractivity contribution >= 4 is 15.5 Å². The highest BCUT2D eigenvalue weighted by Gasteiger charge is 2.08. The largest absolute Gasteiger partial charge is 0.398 e. The zero-order valence-corrected chi connectivity index (χ0v) is 9.42. The Kier molecular flexibility index (Phi) is 3.71. The maximum atomic E-state index is 11.2. The normalized spacial score (nSPS) is 11.6. The smallest absolute Gasteiger partial charge is 0.175 e. The van der Waals surface area contributed by atoms with E-state index in [-0.39, 0.29) is 11.5 Å². The van der Waals surface area contributed by atoms with Crippen LogP contribution in [0.3, 0.4) is 0 Å². The number of aryl methyl sites for hydroxylation is 1. The molecular formula is C10H15NO3S. The van der Waals surface area contributed by atoms with Crippen LogP contribution in [0.25, 0.3) is 0 Å². The van der Waals surface area contributed by atoms with Crippen molar-refractivity contribution < 1.29 is 13.5 Å². The Balaban J connectivity index is 2.99. The van der Waals surface area contributed by atoms with Crippen LogP contribution in [0.5, 0.6) is 0 Å². The van der Waals surface area contributed by atoms with Gasteiger partial charge in [-0.15, -0.1) is 0 Å². The molecule has 0 aliphatic rings. The van der Waals surface area contributed by atoms with E-state index in [1.807, 2.05) is 0 Å². The second-order valence-corrected chi connectivity index (χ2v) is 5.48. The predicted molar refractivity (Wildman–Crippen MR) is 59.4 cm³/mol. The van der Waals surface area contributed by atoms with Crippen LogP contribution in [0.1, 0.15) is 12.0 Å². The van der Waals surface area contributed by atoms with Crippen LogP contribution >= 0.6 is 0 Å². The van der Waals surface area contributed by atoms with Crippen LogP contribution in [-0.2, 0) is 16.3 Å². The Bertz CT molecular complexity index is 440. The van der Waals surface area contributed by atoms with Gasteiger partial charge >= 0.3 is 0 Å².